The molecular formula is C18H16O6. The van der Waals surface area contributed by atoms with E-state index in [9.17, 15) is 14.7 Å². The van der Waals surface area contributed by atoms with Crippen LogP contribution >= 0.6 is 0 Å². The number of aromatic hydroxyl groups is 1. The molecule has 124 valence electrons. The van der Waals surface area contributed by atoms with Gasteiger partial charge in [0.2, 0.25) is 0 Å². The predicted molar refractivity (Wildman–Crippen MR) is 84.8 cm³/mol. The lowest BCUT2D eigenvalue weighted by Gasteiger charge is -2.12. The van der Waals surface area contributed by atoms with E-state index in [4.69, 9.17) is 14.2 Å². The minimum atomic E-state index is -0.673. The molecule has 2 aromatic carbocycles. The van der Waals surface area contributed by atoms with Crippen molar-refractivity contribution < 1.29 is 28.9 Å². The SMILES string of the molecule is COc1ccc2c(c1OC)C(=O)O[C@H]2CC(=O)c1ccc(O)cc1. The van der Waals surface area contributed by atoms with E-state index in [1.807, 2.05) is 0 Å². The van der Waals surface area contributed by atoms with Gasteiger partial charge in [-0.1, -0.05) is 6.07 Å². The molecule has 1 N–H and O–H groups in total. The lowest BCUT2D eigenvalue weighted by molar-refractivity contribution is 0.0365. The summed E-state index contributed by atoms with van der Waals surface area (Å²) >= 11 is 0. The smallest absolute Gasteiger partial charge is 0.343 e. The second-order valence-corrected chi connectivity index (χ2v) is 5.33. The monoisotopic (exact) mass is 328 g/mol. The molecule has 0 amide bonds. The number of ether oxygens (including phenoxy) is 3. The fourth-order valence-electron chi connectivity index (χ4n) is 2.76. The third kappa shape index (κ3) is 2.67. The predicted octanol–water partition coefficient (Wildman–Crippen LogP) is 2.89. The van der Waals surface area contributed by atoms with Gasteiger partial charge >= 0.3 is 5.97 Å². The number of hydrogen-bond acceptors (Lipinski definition) is 6. The topological polar surface area (TPSA) is 82.1 Å². The number of phenols is 1. The van der Waals surface area contributed by atoms with Crippen LogP contribution in [0.3, 0.4) is 0 Å². The highest BCUT2D eigenvalue weighted by molar-refractivity contribution is 6.00. The molecule has 1 atom stereocenters. The maximum Gasteiger partial charge on any atom is 0.343 e. The summed E-state index contributed by atoms with van der Waals surface area (Å²) in [5.74, 6) is 0.0963. The van der Waals surface area contributed by atoms with Gasteiger partial charge in [-0.25, -0.2) is 4.79 Å². The number of cyclic esters (lactones) is 1. The summed E-state index contributed by atoms with van der Waals surface area (Å²) in [7, 11) is 2.93. The van der Waals surface area contributed by atoms with Crippen LogP contribution < -0.4 is 9.47 Å². The summed E-state index contributed by atoms with van der Waals surface area (Å²) in [6, 6.07) is 9.33. The van der Waals surface area contributed by atoms with Gasteiger partial charge in [-0.2, -0.15) is 0 Å². The number of benzene rings is 2. The first-order chi connectivity index (χ1) is 11.5. The van der Waals surface area contributed by atoms with Crippen molar-refractivity contribution in [2.45, 2.75) is 12.5 Å². The Hall–Kier alpha value is -3.02. The van der Waals surface area contributed by atoms with Crippen molar-refractivity contribution in [1.29, 1.82) is 0 Å². The van der Waals surface area contributed by atoms with E-state index >= 15 is 0 Å². The molecule has 6 nitrogen and oxygen atoms in total. The van der Waals surface area contributed by atoms with Gasteiger partial charge in [-0.3, -0.25) is 4.79 Å². The van der Waals surface area contributed by atoms with E-state index in [-0.39, 0.29) is 18.0 Å². The molecule has 6 heteroatoms. The van der Waals surface area contributed by atoms with Gasteiger partial charge in [0.25, 0.3) is 0 Å². The molecule has 24 heavy (non-hydrogen) atoms. The van der Waals surface area contributed by atoms with E-state index in [1.165, 1.54) is 38.5 Å². The van der Waals surface area contributed by atoms with Gasteiger partial charge in [0.1, 0.15) is 17.4 Å². The van der Waals surface area contributed by atoms with Crippen LogP contribution in [0.4, 0.5) is 0 Å². The maximum atomic E-state index is 12.4. The number of hydrogen-bond donors (Lipinski definition) is 1. The Labute approximate surface area is 138 Å². The van der Waals surface area contributed by atoms with Crippen LogP contribution in [0.25, 0.3) is 0 Å². The van der Waals surface area contributed by atoms with Crippen LogP contribution in [0.1, 0.15) is 38.8 Å². The van der Waals surface area contributed by atoms with E-state index in [0.29, 0.717) is 28.2 Å². The highest BCUT2D eigenvalue weighted by atomic mass is 16.6. The number of Topliss-reactive ketones (excluding diaryl/α,β-unsaturated/α-hetero) is 1. The van der Waals surface area contributed by atoms with Crippen molar-refractivity contribution in [3.63, 3.8) is 0 Å². The molecule has 0 saturated heterocycles. The number of rotatable bonds is 5. The highest BCUT2D eigenvalue weighted by Gasteiger charge is 2.36. The summed E-state index contributed by atoms with van der Waals surface area (Å²) in [4.78, 5) is 24.6. The zero-order valence-corrected chi connectivity index (χ0v) is 13.2. The number of phenolic OH excluding ortho intramolecular Hbond substituents is 1. The third-order valence-corrected chi connectivity index (χ3v) is 3.94. The van der Waals surface area contributed by atoms with E-state index in [0.717, 1.165) is 0 Å². The minimum Gasteiger partial charge on any atom is -0.508 e. The Morgan fingerprint density at radius 3 is 2.46 bits per heavy atom. The van der Waals surface area contributed by atoms with Gasteiger partial charge in [0.15, 0.2) is 17.3 Å². The van der Waals surface area contributed by atoms with E-state index in [2.05, 4.69) is 0 Å². The van der Waals surface area contributed by atoms with Gasteiger partial charge in [-0.15, -0.1) is 0 Å². The van der Waals surface area contributed by atoms with E-state index < -0.39 is 12.1 Å². The summed E-state index contributed by atoms with van der Waals surface area (Å²) in [5.41, 5.74) is 1.34. The molecule has 0 unspecified atom stereocenters. The first kappa shape index (κ1) is 15.9. The third-order valence-electron chi connectivity index (χ3n) is 3.94. The number of esters is 1. The average molecular weight is 328 g/mol. The largest absolute Gasteiger partial charge is 0.508 e. The van der Waals surface area contributed by atoms with Crippen molar-refractivity contribution in [1.82, 2.24) is 0 Å². The lowest BCUT2D eigenvalue weighted by atomic mass is 9.97. The number of ketones is 1. The van der Waals surface area contributed by atoms with Gasteiger partial charge in [0, 0.05) is 11.1 Å². The summed E-state index contributed by atoms with van der Waals surface area (Å²) < 4.78 is 15.8. The van der Waals surface area contributed by atoms with Crippen LogP contribution in [-0.4, -0.2) is 31.1 Å². The molecule has 0 aromatic heterocycles. The first-order valence-electron chi connectivity index (χ1n) is 7.33. The molecule has 3 rings (SSSR count). The quantitative estimate of drug-likeness (QED) is 0.671. The van der Waals surface area contributed by atoms with Gasteiger partial charge in [0.05, 0.1) is 20.6 Å². The Morgan fingerprint density at radius 2 is 1.83 bits per heavy atom. The fraction of sp³-hybridized carbons (Fsp3) is 0.222. The van der Waals surface area contributed by atoms with Crippen LogP contribution in [0.2, 0.25) is 0 Å². The standard InChI is InChI=1S/C18H16O6/c1-22-14-8-7-12-15(24-18(21)16(12)17(14)23-2)9-13(20)10-3-5-11(19)6-4-10/h3-8,15,19H,9H2,1-2H3/t15-/m0/s1. The van der Waals surface area contributed by atoms with Gasteiger partial charge < -0.3 is 19.3 Å². The lowest BCUT2D eigenvalue weighted by Crippen LogP contribution is -2.07. The Bertz CT molecular complexity index is 794. The second-order valence-electron chi connectivity index (χ2n) is 5.33. The highest BCUT2D eigenvalue weighted by Crippen LogP contribution is 2.43. The van der Waals surface area contributed by atoms with Gasteiger partial charge in [-0.05, 0) is 30.3 Å². The average Bonchev–Trinajstić information content (AvgIpc) is 2.90. The normalized spacial score (nSPS) is 15.6. The number of carbonyl (C=O) groups is 2. The molecule has 0 saturated carbocycles. The van der Waals surface area contributed by atoms with Crippen molar-refractivity contribution in [3.05, 3.63) is 53.1 Å². The number of fused-ring (bicyclic) bond motifs is 1. The zero-order valence-electron chi connectivity index (χ0n) is 13.2. The molecular weight excluding hydrogens is 312 g/mol. The van der Waals surface area contributed by atoms with Crippen LogP contribution in [0.15, 0.2) is 36.4 Å². The van der Waals surface area contributed by atoms with Crippen molar-refractivity contribution in [3.8, 4) is 17.2 Å². The molecule has 0 bridgehead atoms. The number of carbonyl (C=O) groups excluding carboxylic acids is 2. The van der Waals surface area contributed by atoms with Crippen LogP contribution in [0.5, 0.6) is 17.2 Å². The second kappa shape index (κ2) is 6.23. The molecule has 0 spiro atoms. The van der Waals surface area contributed by atoms with Crippen molar-refractivity contribution >= 4 is 11.8 Å². The molecule has 1 aliphatic heterocycles. The Balaban J connectivity index is 1.89. The van der Waals surface area contributed by atoms with Crippen LogP contribution in [-0.2, 0) is 4.74 Å². The molecule has 0 fully saturated rings. The molecule has 2 aromatic rings. The minimum absolute atomic E-state index is 0.0129. The van der Waals surface area contributed by atoms with Crippen LogP contribution in [0, 0.1) is 0 Å². The summed E-state index contributed by atoms with van der Waals surface area (Å²) in [6.45, 7) is 0. The first-order valence-corrected chi connectivity index (χ1v) is 7.33. The zero-order chi connectivity index (χ0) is 17.3. The summed E-state index contributed by atoms with van der Waals surface area (Å²) in [5, 5.41) is 9.29. The Morgan fingerprint density at radius 1 is 1.12 bits per heavy atom. The maximum absolute atomic E-state index is 12.4. The van der Waals surface area contributed by atoms with Crippen molar-refractivity contribution in [2.24, 2.45) is 0 Å². The molecule has 1 aliphatic rings. The molecule has 0 aliphatic carbocycles. The number of methoxy groups -OCH3 is 2. The molecule has 0 radical (unpaired) electrons. The fourth-order valence-corrected chi connectivity index (χ4v) is 2.76. The molecule has 1 heterocycles. The summed E-state index contributed by atoms with van der Waals surface area (Å²) in [6.07, 6.45) is -0.660. The van der Waals surface area contributed by atoms with E-state index in [1.54, 1.807) is 12.1 Å². The Kier molecular flexibility index (Phi) is 4.12. The van der Waals surface area contributed by atoms with Crippen molar-refractivity contribution in [2.75, 3.05) is 14.2 Å².